The first kappa shape index (κ1) is 20.1. The largest absolute Gasteiger partial charge is 0.465 e. The Morgan fingerprint density at radius 2 is 1.89 bits per heavy atom. The number of hydrogen-bond donors (Lipinski definition) is 3. The summed E-state index contributed by atoms with van der Waals surface area (Å²) in [7, 11) is 0. The Balaban J connectivity index is 0. The zero-order valence-electron chi connectivity index (χ0n) is 11.8. The first-order valence-electron chi connectivity index (χ1n) is 6.80. The number of carbonyl (C=O) groups excluding carboxylic acids is 2. The van der Waals surface area contributed by atoms with Gasteiger partial charge < -0.3 is 16.2 Å². The molecular weight excluding hydrogens is 246 g/mol. The molecule has 19 heavy (non-hydrogen) atoms. The van der Waals surface area contributed by atoms with Crippen molar-refractivity contribution in [3.05, 3.63) is 0 Å². The van der Waals surface area contributed by atoms with Crippen LogP contribution in [-0.4, -0.2) is 31.2 Å². The van der Waals surface area contributed by atoms with Gasteiger partial charge in [0.1, 0.15) is 6.04 Å². The van der Waals surface area contributed by atoms with Crippen LogP contribution >= 0.6 is 0 Å². The fourth-order valence-electron chi connectivity index (χ4n) is 1.44. The van der Waals surface area contributed by atoms with Crippen molar-refractivity contribution in [1.29, 1.82) is 5.41 Å². The van der Waals surface area contributed by atoms with Gasteiger partial charge >= 0.3 is 5.97 Å². The molecule has 0 aromatic carbocycles. The third kappa shape index (κ3) is 16.8. The van der Waals surface area contributed by atoms with Gasteiger partial charge in [-0.3, -0.25) is 4.79 Å². The van der Waals surface area contributed by atoms with E-state index < -0.39 is 6.04 Å². The van der Waals surface area contributed by atoms with Gasteiger partial charge in [0, 0.05) is 0 Å². The molecule has 0 aromatic heterocycles. The highest BCUT2D eigenvalue weighted by atomic mass is 16.5. The summed E-state index contributed by atoms with van der Waals surface area (Å²) in [6.07, 6.45) is 7.67. The second-order valence-electron chi connectivity index (χ2n) is 4.22. The number of hydrogen-bond acceptors (Lipinski definition) is 6. The summed E-state index contributed by atoms with van der Waals surface area (Å²) in [5.41, 5.74) is 11.0. The lowest BCUT2D eigenvalue weighted by Crippen LogP contribution is -2.32. The Bertz CT molecular complexity index is 241. The zero-order chi connectivity index (χ0) is 14.9. The molecule has 6 heteroatoms. The minimum atomic E-state index is -0.474. The van der Waals surface area contributed by atoms with Gasteiger partial charge in [-0.15, -0.1) is 0 Å². The topological polar surface area (TPSA) is 119 Å². The van der Waals surface area contributed by atoms with E-state index >= 15 is 0 Å². The maximum Gasteiger partial charge on any atom is 0.322 e. The predicted octanol–water partition coefficient (Wildman–Crippen LogP) is 1.47. The molecule has 0 aliphatic heterocycles. The van der Waals surface area contributed by atoms with Gasteiger partial charge in [-0.2, -0.15) is 0 Å². The van der Waals surface area contributed by atoms with E-state index in [9.17, 15) is 4.79 Å². The van der Waals surface area contributed by atoms with Crippen LogP contribution < -0.4 is 11.5 Å². The Hall–Kier alpha value is -1.23. The lowest BCUT2D eigenvalue weighted by molar-refractivity contribution is -0.145. The highest BCUT2D eigenvalue weighted by molar-refractivity contribution is 5.75. The van der Waals surface area contributed by atoms with Crippen LogP contribution in [0.1, 0.15) is 51.9 Å². The van der Waals surface area contributed by atoms with Crippen LogP contribution in [-0.2, 0) is 14.3 Å². The average molecular weight is 273 g/mol. The van der Waals surface area contributed by atoms with Gasteiger partial charge in [-0.05, 0) is 25.8 Å². The first-order chi connectivity index (χ1) is 9.13. The molecule has 0 aromatic rings. The van der Waals surface area contributed by atoms with Crippen LogP contribution in [0.25, 0.3) is 0 Å². The van der Waals surface area contributed by atoms with E-state index in [0.717, 1.165) is 31.8 Å². The summed E-state index contributed by atoms with van der Waals surface area (Å²) < 4.78 is 5.09. The van der Waals surface area contributed by atoms with Crippen LogP contribution in [0.5, 0.6) is 0 Å². The highest BCUT2D eigenvalue weighted by Crippen LogP contribution is 2.02. The quantitative estimate of drug-likeness (QED) is 0.241. The summed E-state index contributed by atoms with van der Waals surface area (Å²) in [5, 5.41) is 5.40. The van der Waals surface area contributed by atoms with E-state index in [0.29, 0.717) is 19.6 Å². The second kappa shape index (κ2) is 16.8. The lowest BCUT2D eigenvalue weighted by atomic mass is 10.1. The molecule has 0 aliphatic rings. The molecule has 0 heterocycles. The molecule has 0 aliphatic carbocycles. The number of unbranched alkanes of at least 4 members (excludes halogenated alkanes) is 4. The molecule has 0 amide bonds. The van der Waals surface area contributed by atoms with Gasteiger partial charge in [0.25, 0.3) is 0 Å². The standard InChI is InChI=1S/C12H26N2O2.CHNO/c1-2-3-4-7-10-16-12(15)11(14)8-5-6-9-13;2-1-3/h11H,2-10,13-14H2,1H3;2H. The van der Waals surface area contributed by atoms with E-state index in [-0.39, 0.29) is 5.97 Å². The molecule has 5 N–H and O–H groups in total. The van der Waals surface area contributed by atoms with Crippen LogP contribution in [0.2, 0.25) is 0 Å². The van der Waals surface area contributed by atoms with Gasteiger partial charge in [-0.1, -0.05) is 32.6 Å². The van der Waals surface area contributed by atoms with Crippen molar-refractivity contribution in [3.8, 4) is 0 Å². The Morgan fingerprint density at radius 3 is 2.42 bits per heavy atom. The third-order valence-corrected chi connectivity index (χ3v) is 2.51. The number of rotatable bonds is 10. The fraction of sp³-hybridized carbons (Fsp3) is 0.846. The molecule has 0 rings (SSSR count). The minimum absolute atomic E-state index is 0.270. The van der Waals surface area contributed by atoms with Crippen LogP contribution in [0.4, 0.5) is 0 Å². The van der Waals surface area contributed by atoms with E-state index in [1.165, 1.54) is 12.8 Å². The number of nitrogens with two attached hydrogens (primary N) is 2. The molecule has 1 atom stereocenters. The van der Waals surface area contributed by atoms with Crippen molar-refractivity contribution in [2.75, 3.05) is 13.2 Å². The number of ether oxygens (including phenoxy) is 1. The van der Waals surface area contributed by atoms with Crippen molar-refractivity contribution in [3.63, 3.8) is 0 Å². The van der Waals surface area contributed by atoms with Crippen LogP contribution in [0.15, 0.2) is 0 Å². The molecule has 6 nitrogen and oxygen atoms in total. The predicted molar refractivity (Wildman–Crippen MR) is 74.4 cm³/mol. The first-order valence-corrected chi connectivity index (χ1v) is 6.80. The lowest BCUT2D eigenvalue weighted by Gasteiger charge is -2.10. The molecule has 1 unspecified atom stereocenters. The smallest absolute Gasteiger partial charge is 0.322 e. The zero-order valence-corrected chi connectivity index (χ0v) is 11.8. The molecule has 0 saturated heterocycles. The number of isocyanates is 1. The fourth-order valence-corrected chi connectivity index (χ4v) is 1.44. The van der Waals surface area contributed by atoms with E-state index in [1.807, 2.05) is 0 Å². The highest BCUT2D eigenvalue weighted by Gasteiger charge is 2.13. The van der Waals surface area contributed by atoms with Gasteiger partial charge in [0.15, 0.2) is 0 Å². The summed E-state index contributed by atoms with van der Waals surface area (Å²) in [4.78, 5) is 19.7. The minimum Gasteiger partial charge on any atom is -0.465 e. The molecule has 0 spiro atoms. The van der Waals surface area contributed by atoms with E-state index in [2.05, 4.69) is 6.92 Å². The second-order valence-corrected chi connectivity index (χ2v) is 4.22. The van der Waals surface area contributed by atoms with Gasteiger partial charge in [-0.25, -0.2) is 10.2 Å². The van der Waals surface area contributed by atoms with Crippen LogP contribution in [0.3, 0.4) is 0 Å². The van der Waals surface area contributed by atoms with E-state index in [1.54, 1.807) is 0 Å². The third-order valence-electron chi connectivity index (χ3n) is 2.51. The Labute approximate surface area is 115 Å². The molecule has 112 valence electrons. The van der Waals surface area contributed by atoms with E-state index in [4.69, 9.17) is 26.4 Å². The maximum absolute atomic E-state index is 11.4. The van der Waals surface area contributed by atoms with Crippen molar-refractivity contribution in [2.45, 2.75) is 57.9 Å². The molecular formula is C13H27N3O3. The SMILES string of the molecule is CCCCCCOC(=O)C(N)CCCCN.N=C=O. The summed E-state index contributed by atoms with van der Waals surface area (Å²) in [6, 6.07) is -0.474. The monoisotopic (exact) mass is 273 g/mol. The summed E-state index contributed by atoms with van der Waals surface area (Å²) in [5.74, 6) is -0.270. The van der Waals surface area contributed by atoms with Crippen molar-refractivity contribution in [1.82, 2.24) is 0 Å². The molecule has 0 radical (unpaired) electrons. The Kier molecular flexibility index (Phi) is 17.7. The van der Waals surface area contributed by atoms with Crippen LogP contribution in [0, 0.1) is 5.41 Å². The molecule has 0 fully saturated rings. The average Bonchev–Trinajstić information content (AvgIpc) is 2.39. The van der Waals surface area contributed by atoms with Crippen molar-refractivity contribution < 1.29 is 14.3 Å². The van der Waals surface area contributed by atoms with Gasteiger partial charge in [0.2, 0.25) is 6.08 Å². The molecule has 0 bridgehead atoms. The normalized spacial score (nSPS) is 10.9. The summed E-state index contributed by atoms with van der Waals surface area (Å²) in [6.45, 7) is 3.31. The maximum atomic E-state index is 11.4. The Morgan fingerprint density at radius 1 is 1.26 bits per heavy atom. The number of nitrogens with one attached hydrogen (secondary N) is 1. The van der Waals surface area contributed by atoms with Crippen molar-refractivity contribution in [2.24, 2.45) is 11.5 Å². The summed E-state index contributed by atoms with van der Waals surface area (Å²) >= 11 is 0. The number of carbonyl (C=O) groups is 1. The molecule has 0 saturated carbocycles. The van der Waals surface area contributed by atoms with Crippen molar-refractivity contribution >= 4 is 12.0 Å². The van der Waals surface area contributed by atoms with Gasteiger partial charge in [0.05, 0.1) is 6.61 Å². The number of esters is 1.